The summed E-state index contributed by atoms with van der Waals surface area (Å²) in [6, 6.07) is 11.5. The first-order chi connectivity index (χ1) is 16.4. The second-order valence-corrected chi connectivity index (χ2v) is 9.62. The Morgan fingerprint density at radius 2 is 1.91 bits per heavy atom. The first kappa shape index (κ1) is 24.4. The van der Waals surface area contributed by atoms with Crippen LogP contribution in [0, 0.1) is 0 Å². The van der Waals surface area contributed by atoms with Crippen LogP contribution in [-0.4, -0.2) is 41.0 Å². The molecule has 2 N–H and O–H groups in total. The maximum Gasteiger partial charge on any atom is 0.338 e. The van der Waals surface area contributed by atoms with Gasteiger partial charge in [-0.2, -0.15) is 0 Å². The number of hydrogen-bond donors (Lipinski definition) is 2. The standard InChI is InChI=1S/C24H24Cl2N4O3S/c1-3-33-22(31)20-14(2)27-24-30(10-5-11-34-24)21(20)15-6-4-7-16(12-15)28-23(32)29-17-8-9-18(25)19(26)13-17/h4,6-9,12-13,21H,3,5,10-11H2,1-2H3,(H2,28,29,32)/t21-/m0/s1. The lowest BCUT2D eigenvalue weighted by Gasteiger charge is -2.40. The number of thioether (sulfide) groups is 1. The van der Waals surface area contributed by atoms with Crippen LogP contribution in [0.5, 0.6) is 0 Å². The lowest BCUT2D eigenvalue weighted by Crippen LogP contribution is -2.42. The number of anilines is 2. The molecule has 2 heterocycles. The fraction of sp³-hybridized carbons (Fsp3) is 0.292. The van der Waals surface area contributed by atoms with Gasteiger partial charge in [0.25, 0.3) is 0 Å². The predicted molar refractivity (Wildman–Crippen MR) is 139 cm³/mol. The molecule has 4 rings (SSSR count). The molecule has 0 bridgehead atoms. The van der Waals surface area contributed by atoms with Gasteiger partial charge in [0.2, 0.25) is 0 Å². The summed E-state index contributed by atoms with van der Waals surface area (Å²) in [5.74, 6) is 0.611. The third kappa shape index (κ3) is 5.35. The van der Waals surface area contributed by atoms with E-state index in [1.165, 1.54) is 0 Å². The molecule has 7 nitrogen and oxygen atoms in total. The van der Waals surface area contributed by atoms with Crippen LogP contribution in [0.3, 0.4) is 0 Å². The average Bonchev–Trinajstić information content (AvgIpc) is 2.80. The molecule has 0 spiro atoms. The van der Waals surface area contributed by atoms with Gasteiger partial charge in [0.05, 0.1) is 34.0 Å². The lowest BCUT2D eigenvalue weighted by atomic mass is 9.94. The molecule has 1 atom stereocenters. The van der Waals surface area contributed by atoms with Crippen molar-refractivity contribution in [3.63, 3.8) is 0 Å². The van der Waals surface area contributed by atoms with E-state index < -0.39 is 6.03 Å². The number of amides is 2. The van der Waals surface area contributed by atoms with Crippen LogP contribution in [0.4, 0.5) is 16.2 Å². The van der Waals surface area contributed by atoms with E-state index in [9.17, 15) is 9.59 Å². The number of hydrogen-bond acceptors (Lipinski definition) is 6. The number of allylic oxidation sites excluding steroid dienone is 1. The first-order valence-corrected chi connectivity index (χ1v) is 12.6. The highest BCUT2D eigenvalue weighted by molar-refractivity contribution is 8.13. The van der Waals surface area contributed by atoms with Crippen LogP contribution in [0.1, 0.15) is 31.9 Å². The number of esters is 1. The van der Waals surface area contributed by atoms with Gasteiger partial charge in [0, 0.05) is 23.7 Å². The maximum absolute atomic E-state index is 12.9. The Bertz CT molecular complexity index is 1180. The molecule has 2 amide bonds. The molecule has 0 unspecified atom stereocenters. The molecule has 2 aliphatic heterocycles. The summed E-state index contributed by atoms with van der Waals surface area (Å²) < 4.78 is 5.36. The number of nitrogens with one attached hydrogen (secondary N) is 2. The second kappa shape index (κ2) is 10.7. The normalized spacial score (nSPS) is 17.6. The number of nitrogens with zero attached hydrogens (tertiary/aromatic N) is 2. The number of benzene rings is 2. The molecule has 0 aromatic heterocycles. The summed E-state index contributed by atoms with van der Waals surface area (Å²) in [6.45, 7) is 4.69. The van der Waals surface area contributed by atoms with Gasteiger partial charge in [0.15, 0.2) is 5.17 Å². The zero-order chi connectivity index (χ0) is 24.2. The van der Waals surface area contributed by atoms with E-state index in [0.29, 0.717) is 32.7 Å². The molecule has 10 heteroatoms. The molecular formula is C24H24Cl2N4O3S. The van der Waals surface area contributed by atoms with Gasteiger partial charge in [-0.05, 0) is 56.2 Å². The minimum Gasteiger partial charge on any atom is -0.463 e. The summed E-state index contributed by atoms with van der Waals surface area (Å²) in [7, 11) is 0. The Kier molecular flexibility index (Phi) is 7.70. The summed E-state index contributed by atoms with van der Waals surface area (Å²) in [5, 5.41) is 7.25. The van der Waals surface area contributed by atoms with Gasteiger partial charge in [-0.3, -0.25) is 0 Å². The Balaban J connectivity index is 1.60. The topological polar surface area (TPSA) is 83.0 Å². The summed E-state index contributed by atoms with van der Waals surface area (Å²) in [5.41, 5.74) is 3.14. The molecule has 0 radical (unpaired) electrons. The van der Waals surface area contributed by atoms with Crippen molar-refractivity contribution >= 4 is 63.5 Å². The van der Waals surface area contributed by atoms with E-state index in [2.05, 4.69) is 20.5 Å². The number of halogens is 2. The molecule has 2 aromatic rings. The van der Waals surface area contributed by atoms with E-state index in [0.717, 1.165) is 29.4 Å². The van der Waals surface area contributed by atoms with Gasteiger partial charge >= 0.3 is 12.0 Å². The van der Waals surface area contributed by atoms with Crippen LogP contribution in [-0.2, 0) is 9.53 Å². The Morgan fingerprint density at radius 1 is 1.15 bits per heavy atom. The minimum atomic E-state index is -0.424. The van der Waals surface area contributed by atoms with Crippen LogP contribution in [0.2, 0.25) is 10.0 Å². The number of rotatable bonds is 5. The quantitative estimate of drug-likeness (QED) is 0.452. The molecule has 0 saturated carbocycles. The van der Waals surface area contributed by atoms with Gasteiger partial charge < -0.3 is 20.3 Å². The van der Waals surface area contributed by atoms with Gasteiger partial charge in [-0.1, -0.05) is 47.1 Å². The SMILES string of the molecule is CCOC(=O)C1=C(C)N=C2SCCCN2[C@H]1c1cccc(NC(=O)Nc2ccc(Cl)c(Cl)c2)c1. The molecule has 34 heavy (non-hydrogen) atoms. The third-order valence-electron chi connectivity index (χ3n) is 5.39. The van der Waals surface area contributed by atoms with Gasteiger partial charge in [0.1, 0.15) is 0 Å². The molecule has 2 aliphatic rings. The average molecular weight is 519 g/mol. The van der Waals surface area contributed by atoms with Crippen molar-refractivity contribution in [3.05, 3.63) is 69.3 Å². The van der Waals surface area contributed by atoms with Crippen LogP contribution < -0.4 is 10.6 Å². The predicted octanol–water partition coefficient (Wildman–Crippen LogP) is 6.32. The zero-order valence-corrected chi connectivity index (χ0v) is 21.1. The molecule has 2 aromatic carbocycles. The minimum absolute atomic E-state index is 0.282. The highest BCUT2D eigenvalue weighted by Crippen LogP contribution is 2.40. The van der Waals surface area contributed by atoms with Crippen molar-refractivity contribution in [2.45, 2.75) is 26.3 Å². The van der Waals surface area contributed by atoms with E-state index >= 15 is 0 Å². The number of urea groups is 1. The van der Waals surface area contributed by atoms with Crippen molar-refractivity contribution in [1.29, 1.82) is 0 Å². The molecule has 1 saturated heterocycles. The van der Waals surface area contributed by atoms with E-state index in [4.69, 9.17) is 27.9 Å². The number of carbonyl (C=O) groups excluding carboxylic acids is 2. The third-order valence-corrected chi connectivity index (χ3v) is 7.21. The molecule has 0 aliphatic carbocycles. The van der Waals surface area contributed by atoms with Crippen LogP contribution in [0.15, 0.2) is 58.7 Å². The van der Waals surface area contributed by atoms with Gasteiger partial charge in [-0.25, -0.2) is 14.6 Å². The Morgan fingerprint density at radius 3 is 2.65 bits per heavy atom. The summed E-state index contributed by atoms with van der Waals surface area (Å²) in [4.78, 5) is 32.3. The molecule has 178 valence electrons. The van der Waals surface area contributed by atoms with E-state index in [1.807, 2.05) is 25.1 Å². The Hall–Kier alpha value is -2.68. The highest BCUT2D eigenvalue weighted by Gasteiger charge is 2.37. The monoisotopic (exact) mass is 518 g/mol. The van der Waals surface area contributed by atoms with Crippen LogP contribution in [0.25, 0.3) is 0 Å². The van der Waals surface area contributed by atoms with Crippen molar-refractivity contribution in [2.24, 2.45) is 4.99 Å². The van der Waals surface area contributed by atoms with Crippen molar-refractivity contribution < 1.29 is 14.3 Å². The lowest BCUT2D eigenvalue weighted by molar-refractivity contribution is -0.139. The fourth-order valence-electron chi connectivity index (χ4n) is 3.94. The Labute approximate surface area is 212 Å². The first-order valence-electron chi connectivity index (χ1n) is 10.9. The number of aliphatic imine (C=N–C) groups is 1. The number of fused-ring (bicyclic) bond motifs is 1. The van der Waals surface area contributed by atoms with Crippen molar-refractivity contribution in [2.75, 3.05) is 29.5 Å². The molecular weight excluding hydrogens is 495 g/mol. The number of carbonyl (C=O) groups is 2. The fourth-order valence-corrected chi connectivity index (χ4v) is 5.26. The largest absolute Gasteiger partial charge is 0.463 e. The van der Waals surface area contributed by atoms with E-state index in [-0.39, 0.29) is 18.6 Å². The summed E-state index contributed by atoms with van der Waals surface area (Å²) in [6.07, 6.45) is 0.985. The smallest absolute Gasteiger partial charge is 0.338 e. The van der Waals surface area contributed by atoms with E-state index in [1.54, 1.807) is 43.0 Å². The van der Waals surface area contributed by atoms with Crippen molar-refractivity contribution in [1.82, 2.24) is 4.90 Å². The van der Waals surface area contributed by atoms with Crippen molar-refractivity contribution in [3.8, 4) is 0 Å². The molecule has 1 fully saturated rings. The number of amidine groups is 1. The van der Waals surface area contributed by atoms with Gasteiger partial charge in [-0.15, -0.1) is 0 Å². The number of ether oxygens (including phenoxy) is 1. The summed E-state index contributed by atoms with van der Waals surface area (Å²) >= 11 is 13.7. The zero-order valence-electron chi connectivity index (χ0n) is 18.7. The second-order valence-electron chi connectivity index (χ2n) is 7.75. The maximum atomic E-state index is 12.9. The highest BCUT2D eigenvalue weighted by atomic mass is 35.5. The van der Waals surface area contributed by atoms with Crippen LogP contribution >= 0.6 is 35.0 Å².